The van der Waals surface area contributed by atoms with Crippen LogP contribution in [0.3, 0.4) is 0 Å². The first-order chi connectivity index (χ1) is 9.05. The van der Waals surface area contributed by atoms with E-state index in [-0.39, 0.29) is 6.42 Å². The Bertz CT molecular complexity index is 634. The van der Waals surface area contributed by atoms with Gasteiger partial charge < -0.3 is 10.4 Å². The summed E-state index contributed by atoms with van der Waals surface area (Å²) in [5.74, 6) is -1.73. The first-order valence-corrected chi connectivity index (χ1v) is 7.75. The second-order valence-corrected chi connectivity index (χ2v) is 7.53. The van der Waals surface area contributed by atoms with E-state index in [1.807, 2.05) is 0 Å². The number of anilines is 1. The molecule has 0 aliphatic rings. The normalized spacial score (nSPS) is 11.9. The Hall–Kier alpha value is -1.89. The van der Waals surface area contributed by atoms with Crippen molar-refractivity contribution in [3.63, 3.8) is 0 Å². The van der Waals surface area contributed by atoms with E-state index in [9.17, 15) is 18.0 Å². The van der Waals surface area contributed by atoms with Gasteiger partial charge in [-0.2, -0.15) is 0 Å². The van der Waals surface area contributed by atoms with E-state index in [1.165, 1.54) is 19.9 Å². The number of nitrogens with one attached hydrogen (secondary N) is 1. The Morgan fingerprint density at radius 3 is 2.30 bits per heavy atom. The molecule has 1 aromatic rings. The van der Waals surface area contributed by atoms with Gasteiger partial charge >= 0.3 is 5.97 Å². The number of carbonyl (C=O) groups is 2. The monoisotopic (exact) mass is 299 g/mol. The van der Waals surface area contributed by atoms with Gasteiger partial charge in [0.25, 0.3) is 0 Å². The molecule has 0 saturated heterocycles. The molecule has 20 heavy (non-hydrogen) atoms. The third kappa shape index (κ3) is 3.57. The number of rotatable bonds is 5. The van der Waals surface area contributed by atoms with E-state index in [1.54, 1.807) is 18.2 Å². The predicted octanol–water partition coefficient (Wildman–Crippen LogP) is 1.08. The summed E-state index contributed by atoms with van der Waals surface area (Å²) < 4.78 is 21.6. The molecule has 0 aromatic heterocycles. The van der Waals surface area contributed by atoms with Crippen molar-refractivity contribution in [3.05, 3.63) is 29.8 Å². The SMILES string of the molecule is CC(C)(C(=O)Nc1ccccc1CC(=O)O)S(C)(=O)=O. The van der Waals surface area contributed by atoms with Gasteiger partial charge in [0.2, 0.25) is 5.91 Å². The van der Waals surface area contributed by atoms with Gasteiger partial charge in [-0.3, -0.25) is 9.59 Å². The van der Waals surface area contributed by atoms with Crippen molar-refractivity contribution >= 4 is 27.4 Å². The second-order valence-electron chi connectivity index (χ2n) is 4.96. The van der Waals surface area contributed by atoms with Crippen molar-refractivity contribution in [2.45, 2.75) is 25.0 Å². The van der Waals surface area contributed by atoms with E-state index < -0.39 is 26.5 Å². The van der Waals surface area contributed by atoms with Crippen molar-refractivity contribution in [1.29, 1.82) is 0 Å². The van der Waals surface area contributed by atoms with Crippen LogP contribution < -0.4 is 5.32 Å². The quantitative estimate of drug-likeness (QED) is 0.847. The Balaban J connectivity index is 3.06. The molecule has 0 radical (unpaired) electrons. The maximum absolute atomic E-state index is 12.1. The van der Waals surface area contributed by atoms with Crippen LogP contribution in [0.5, 0.6) is 0 Å². The number of benzene rings is 1. The summed E-state index contributed by atoms with van der Waals surface area (Å²) >= 11 is 0. The fourth-order valence-electron chi connectivity index (χ4n) is 1.40. The Labute approximate surface area is 117 Å². The van der Waals surface area contributed by atoms with Crippen LogP contribution in [0.4, 0.5) is 5.69 Å². The van der Waals surface area contributed by atoms with Crippen LogP contribution in [-0.2, 0) is 25.8 Å². The summed E-state index contributed by atoms with van der Waals surface area (Å²) in [5, 5.41) is 11.3. The van der Waals surface area contributed by atoms with Crippen molar-refractivity contribution in [2.24, 2.45) is 0 Å². The van der Waals surface area contributed by atoms with Gasteiger partial charge in [-0.15, -0.1) is 0 Å². The molecule has 1 aromatic carbocycles. The Morgan fingerprint density at radius 1 is 1.25 bits per heavy atom. The smallest absolute Gasteiger partial charge is 0.307 e. The lowest BCUT2D eigenvalue weighted by molar-refractivity contribution is -0.136. The molecule has 1 amide bonds. The van der Waals surface area contributed by atoms with E-state index in [0.717, 1.165) is 6.26 Å². The first kappa shape index (κ1) is 16.2. The first-order valence-electron chi connectivity index (χ1n) is 5.86. The highest BCUT2D eigenvalue weighted by Gasteiger charge is 2.38. The van der Waals surface area contributed by atoms with Gasteiger partial charge in [-0.05, 0) is 25.5 Å². The molecule has 0 atom stereocenters. The molecule has 1 rings (SSSR count). The Kier molecular flexibility index (Phi) is 4.54. The van der Waals surface area contributed by atoms with Gasteiger partial charge in [-0.25, -0.2) is 8.42 Å². The van der Waals surface area contributed by atoms with Crippen LogP contribution in [0.25, 0.3) is 0 Å². The minimum Gasteiger partial charge on any atom is -0.481 e. The molecule has 0 spiro atoms. The number of para-hydroxylation sites is 1. The van der Waals surface area contributed by atoms with Crippen molar-refractivity contribution in [1.82, 2.24) is 0 Å². The van der Waals surface area contributed by atoms with Crippen molar-refractivity contribution in [3.8, 4) is 0 Å². The molecule has 0 unspecified atom stereocenters. The van der Waals surface area contributed by atoms with Crippen LogP contribution in [0.2, 0.25) is 0 Å². The van der Waals surface area contributed by atoms with Gasteiger partial charge in [-0.1, -0.05) is 18.2 Å². The number of carboxylic acids is 1. The van der Waals surface area contributed by atoms with Crippen molar-refractivity contribution in [2.75, 3.05) is 11.6 Å². The minimum absolute atomic E-state index is 0.254. The van der Waals surface area contributed by atoms with E-state index in [2.05, 4.69) is 5.32 Å². The Morgan fingerprint density at radius 2 is 1.80 bits per heavy atom. The maximum atomic E-state index is 12.1. The lowest BCUT2D eigenvalue weighted by atomic mass is 10.1. The highest BCUT2D eigenvalue weighted by molar-refractivity contribution is 7.92. The molecule has 0 aliphatic carbocycles. The van der Waals surface area contributed by atoms with Gasteiger partial charge in [0.15, 0.2) is 9.84 Å². The molecular formula is C13H17NO5S. The summed E-state index contributed by atoms with van der Waals surface area (Å²) in [7, 11) is -3.59. The van der Waals surface area contributed by atoms with Gasteiger partial charge in [0, 0.05) is 11.9 Å². The van der Waals surface area contributed by atoms with Gasteiger partial charge in [0.05, 0.1) is 6.42 Å². The molecule has 2 N–H and O–H groups in total. The van der Waals surface area contributed by atoms with Crippen molar-refractivity contribution < 1.29 is 23.1 Å². The minimum atomic E-state index is -3.59. The molecule has 0 bridgehead atoms. The van der Waals surface area contributed by atoms with E-state index in [0.29, 0.717) is 11.3 Å². The third-order valence-corrected chi connectivity index (χ3v) is 5.12. The highest BCUT2D eigenvalue weighted by Crippen LogP contribution is 2.21. The molecule has 0 heterocycles. The van der Waals surface area contributed by atoms with E-state index >= 15 is 0 Å². The summed E-state index contributed by atoms with van der Waals surface area (Å²) in [4.78, 5) is 22.8. The predicted molar refractivity (Wildman–Crippen MR) is 75.3 cm³/mol. The largest absolute Gasteiger partial charge is 0.481 e. The number of carbonyl (C=O) groups excluding carboxylic acids is 1. The molecule has 7 heteroatoms. The maximum Gasteiger partial charge on any atom is 0.307 e. The van der Waals surface area contributed by atoms with Crippen LogP contribution >= 0.6 is 0 Å². The topological polar surface area (TPSA) is 101 Å². The van der Waals surface area contributed by atoms with Crippen LogP contribution in [0.1, 0.15) is 19.4 Å². The molecule has 0 saturated carbocycles. The zero-order chi connectivity index (χ0) is 15.6. The fourth-order valence-corrected chi connectivity index (χ4v) is 1.79. The van der Waals surface area contributed by atoms with Crippen LogP contribution in [-0.4, -0.2) is 36.4 Å². The second kappa shape index (κ2) is 5.62. The number of carboxylic acid groups (broad SMARTS) is 1. The summed E-state index contributed by atoms with van der Waals surface area (Å²) in [6.45, 7) is 2.61. The average Bonchev–Trinajstić information content (AvgIpc) is 2.29. The summed E-state index contributed by atoms with van der Waals surface area (Å²) in [6, 6.07) is 6.38. The lowest BCUT2D eigenvalue weighted by Gasteiger charge is -2.22. The number of amides is 1. The molecule has 0 fully saturated rings. The number of hydrogen-bond donors (Lipinski definition) is 2. The van der Waals surface area contributed by atoms with Crippen LogP contribution in [0.15, 0.2) is 24.3 Å². The zero-order valence-electron chi connectivity index (χ0n) is 11.5. The average molecular weight is 299 g/mol. The van der Waals surface area contributed by atoms with Crippen LogP contribution in [0, 0.1) is 0 Å². The number of hydrogen-bond acceptors (Lipinski definition) is 4. The molecule has 110 valence electrons. The van der Waals surface area contributed by atoms with Gasteiger partial charge in [0.1, 0.15) is 4.75 Å². The lowest BCUT2D eigenvalue weighted by Crippen LogP contribution is -2.44. The summed E-state index contributed by atoms with van der Waals surface area (Å²) in [6.07, 6.45) is 0.728. The molecule has 0 aliphatic heterocycles. The highest BCUT2D eigenvalue weighted by atomic mass is 32.2. The third-order valence-electron chi connectivity index (χ3n) is 3.08. The van der Waals surface area contributed by atoms with E-state index in [4.69, 9.17) is 5.11 Å². The zero-order valence-corrected chi connectivity index (χ0v) is 12.3. The number of sulfone groups is 1. The molecule has 6 nitrogen and oxygen atoms in total. The molecular weight excluding hydrogens is 282 g/mol. The summed E-state index contributed by atoms with van der Waals surface area (Å²) in [5.41, 5.74) is 0.717. The fraction of sp³-hybridized carbons (Fsp3) is 0.385. The number of aliphatic carboxylic acids is 1. The standard InChI is InChI=1S/C13H17NO5S/c1-13(2,20(3,18)19)12(17)14-10-7-5-4-6-9(10)8-11(15)16/h4-7H,8H2,1-3H3,(H,14,17)(H,15,16).